The Morgan fingerprint density at radius 1 is 1.47 bits per heavy atom. The molecule has 0 spiro atoms. The van der Waals surface area contributed by atoms with Gasteiger partial charge in [-0.1, -0.05) is 18.5 Å². The summed E-state index contributed by atoms with van der Waals surface area (Å²) in [7, 11) is -3.07. The number of nitrogens with zero attached hydrogens (tertiary/aromatic N) is 3. The van der Waals surface area contributed by atoms with E-state index in [9.17, 15) is 8.42 Å². The highest BCUT2D eigenvalue weighted by molar-refractivity contribution is 8.01. The van der Waals surface area contributed by atoms with Crippen molar-refractivity contribution >= 4 is 33.2 Å². The number of aromatic nitrogens is 2. The van der Waals surface area contributed by atoms with Crippen LogP contribution in [0.15, 0.2) is 12.1 Å². The Kier molecular flexibility index (Phi) is 5.05. The highest BCUT2D eigenvalue weighted by atomic mass is 35.5. The minimum absolute atomic E-state index is 0.168. The summed E-state index contributed by atoms with van der Waals surface area (Å²) >= 11 is 7.38. The Morgan fingerprint density at radius 2 is 2.26 bits per heavy atom. The molecule has 2 heterocycles. The zero-order valence-corrected chi connectivity index (χ0v) is 13.0. The van der Waals surface area contributed by atoms with Crippen molar-refractivity contribution in [3.05, 3.63) is 23.0 Å². The van der Waals surface area contributed by atoms with Crippen LogP contribution >= 0.6 is 23.4 Å². The number of hydrogen-bond donors (Lipinski definition) is 0. The molecule has 1 saturated heterocycles. The van der Waals surface area contributed by atoms with Crippen LogP contribution in [0, 0.1) is 0 Å². The summed E-state index contributed by atoms with van der Waals surface area (Å²) in [5.74, 6) is 1.73. The van der Waals surface area contributed by atoms with Crippen LogP contribution in [0.2, 0.25) is 5.15 Å². The van der Waals surface area contributed by atoms with Crippen LogP contribution in [0.5, 0.6) is 0 Å². The summed E-state index contributed by atoms with van der Waals surface area (Å²) in [4.78, 5) is 1.97. The number of thioether (sulfide) groups is 1. The van der Waals surface area contributed by atoms with E-state index in [4.69, 9.17) is 11.6 Å². The second-order valence-electron chi connectivity index (χ2n) is 4.30. The molecule has 0 amide bonds. The fraction of sp³-hybridized carbons (Fsp3) is 0.636. The lowest BCUT2D eigenvalue weighted by Crippen LogP contribution is -2.47. The van der Waals surface area contributed by atoms with E-state index in [1.165, 1.54) is 0 Å². The monoisotopic (exact) mass is 321 g/mol. The van der Waals surface area contributed by atoms with Crippen molar-refractivity contribution in [2.45, 2.75) is 18.8 Å². The van der Waals surface area contributed by atoms with Crippen molar-refractivity contribution in [2.24, 2.45) is 0 Å². The molecule has 2 rings (SSSR count). The van der Waals surface area contributed by atoms with Gasteiger partial charge in [-0.15, -0.1) is 5.10 Å². The molecule has 1 aromatic heterocycles. The summed E-state index contributed by atoms with van der Waals surface area (Å²) in [6, 6.07) is 3.46. The topological polar surface area (TPSA) is 63.2 Å². The first-order chi connectivity index (χ1) is 9.03. The third-order valence-corrected chi connectivity index (χ3v) is 6.59. The maximum absolute atomic E-state index is 12.1. The Morgan fingerprint density at radius 3 is 2.89 bits per heavy atom. The second kappa shape index (κ2) is 6.39. The maximum atomic E-state index is 12.1. The molecule has 8 heteroatoms. The zero-order valence-electron chi connectivity index (χ0n) is 10.6. The minimum Gasteiger partial charge on any atom is -0.280 e. The molecule has 0 bridgehead atoms. The highest BCUT2D eigenvalue weighted by Gasteiger charge is 2.32. The molecular formula is C11H16ClN3O2S2. The predicted octanol–water partition coefficient (Wildman–Crippen LogP) is 1.44. The van der Waals surface area contributed by atoms with Gasteiger partial charge in [-0.2, -0.15) is 16.9 Å². The van der Waals surface area contributed by atoms with E-state index < -0.39 is 15.2 Å². The molecule has 0 radical (unpaired) electrons. The van der Waals surface area contributed by atoms with Gasteiger partial charge >= 0.3 is 0 Å². The van der Waals surface area contributed by atoms with Gasteiger partial charge in [0.2, 0.25) is 0 Å². The molecule has 1 aromatic rings. The van der Waals surface area contributed by atoms with E-state index in [-0.39, 0.29) is 5.75 Å². The Bertz CT molecular complexity index is 521. The molecule has 1 unspecified atom stereocenters. The van der Waals surface area contributed by atoms with Gasteiger partial charge in [-0.05, 0) is 12.1 Å². The van der Waals surface area contributed by atoms with E-state index in [2.05, 4.69) is 10.2 Å². The molecular weight excluding hydrogens is 306 g/mol. The SMILES string of the molecule is CCS(=O)(=O)C1CSCCN1Cc1ccc(Cl)nn1. The predicted molar refractivity (Wildman–Crippen MR) is 78.0 cm³/mol. The fourth-order valence-corrected chi connectivity index (χ4v) is 5.14. The molecule has 1 atom stereocenters. The third-order valence-electron chi connectivity index (χ3n) is 3.06. The van der Waals surface area contributed by atoms with Crippen LogP contribution in [-0.4, -0.2) is 52.7 Å². The number of sulfone groups is 1. The molecule has 106 valence electrons. The van der Waals surface area contributed by atoms with Gasteiger partial charge < -0.3 is 0 Å². The molecule has 5 nitrogen and oxygen atoms in total. The van der Waals surface area contributed by atoms with E-state index in [0.29, 0.717) is 17.5 Å². The lowest BCUT2D eigenvalue weighted by molar-refractivity contribution is 0.258. The first-order valence-electron chi connectivity index (χ1n) is 6.04. The summed E-state index contributed by atoms with van der Waals surface area (Å²) in [6.45, 7) is 2.93. The normalized spacial score (nSPS) is 21.5. The number of hydrogen-bond acceptors (Lipinski definition) is 6. The fourth-order valence-electron chi connectivity index (χ4n) is 1.96. The lowest BCUT2D eigenvalue weighted by atomic mass is 10.3. The summed E-state index contributed by atoms with van der Waals surface area (Å²) in [5, 5.41) is 7.70. The first kappa shape index (κ1) is 15.0. The van der Waals surface area contributed by atoms with Crippen LogP contribution in [-0.2, 0) is 16.4 Å². The van der Waals surface area contributed by atoms with E-state index in [1.807, 2.05) is 4.90 Å². The average Bonchev–Trinajstić information content (AvgIpc) is 2.42. The average molecular weight is 322 g/mol. The van der Waals surface area contributed by atoms with Crippen LogP contribution in [0.25, 0.3) is 0 Å². The van der Waals surface area contributed by atoms with Crippen molar-refractivity contribution in [1.29, 1.82) is 0 Å². The summed E-state index contributed by atoms with van der Waals surface area (Å²) in [6.07, 6.45) is 0. The van der Waals surface area contributed by atoms with Gasteiger partial charge in [-0.3, -0.25) is 4.90 Å². The molecule has 1 fully saturated rings. The molecule has 1 aliphatic heterocycles. The van der Waals surface area contributed by atoms with Crippen molar-refractivity contribution < 1.29 is 8.42 Å². The van der Waals surface area contributed by atoms with Crippen molar-refractivity contribution in [3.63, 3.8) is 0 Å². The number of halogens is 1. The third kappa shape index (κ3) is 3.81. The van der Waals surface area contributed by atoms with Crippen LogP contribution < -0.4 is 0 Å². The van der Waals surface area contributed by atoms with Crippen LogP contribution in [0.3, 0.4) is 0 Å². The largest absolute Gasteiger partial charge is 0.280 e. The molecule has 0 aliphatic carbocycles. The molecule has 0 N–H and O–H groups in total. The van der Waals surface area contributed by atoms with Crippen molar-refractivity contribution in [2.75, 3.05) is 23.8 Å². The Balaban J connectivity index is 2.14. The Hall–Kier alpha value is -0.370. The minimum atomic E-state index is -3.07. The quantitative estimate of drug-likeness (QED) is 0.836. The molecule has 19 heavy (non-hydrogen) atoms. The summed E-state index contributed by atoms with van der Waals surface area (Å²) in [5.41, 5.74) is 0.743. The van der Waals surface area contributed by atoms with E-state index in [1.54, 1.807) is 30.8 Å². The molecule has 0 saturated carbocycles. The highest BCUT2D eigenvalue weighted by Crippen LogP contribution is 2.22. The van der Waals surface area contributed by atoms with Gasteiger partial charge in [0, 0.05) is 30.3 Å². The van der Waals surface area contributed by atoms with E-state index >= 15 is 0 Å². The smallest absolute Gasteiger partial charge is 0.166 e. The lowest BCUT2D eigenvalue weighted by Gasteiger charge is -2.34. The number of rotatable bonds is 4. The van der Waals surface area contributed by atoms with Gasteiger partial charge in [0.15, 0.2) is 15.0 Å². The Labute approximate surface area is 122 Å². The van der Waals surface area contributed by atoms with Gasteiger partial charge in [-0.25, -0.2) is 8.42 Å². The first-order valence-corrected chi connectivity index (χ1v) is 9.29. The van der Waals surface area contributed by atoms with Crippen LogP contribution in [0.1, 0.15) is 12.6 Å². The standard InChI is InChI=1S/C11H16ClN3O2S2/c1-2-19(16,17)11-8-18-6-5-15(11)7-9-3-4-10(12)14-13-9/h3-4,11H,2,5-8H2,1H3. The molecule has 0 aromatic carbocycles. The van der Waals surface area contributed by atoms with Crippen molar-refractivity contribution in [3.8, 4) is 0 Å². The van der Waals surface area contributed by atoms with E-state index in [0.717, 1.165) is 18.0 Å². The second-order valence-corrected chi connectivity index (χ2v) is 8.28. The van der Waals surface area contributed by atoms with Crippen molar-refractivity contribution in [1.82, 2.24) is 15.1 Å². The maximum Gasteiger partial charge on any atom is 0.166 e. The zero-order chi connectivity index (χ0) is 13.9. The molecule has 1 aliphatic rings. The summed E-state index contributed by atoms with van der Waals surface area (Å²) < 4.78 is 24.2. The van der Waals surface area contributed by atoms with Gasteiger partial charge in [0.25, 0.3) is 0 Å². The van der Waals surface area contributed by atoms with Gasteiger partial charge in [0.1, 0.15) is 5.37 Å². The van der Waals surface area contributed by atoms with Gasteiger partial charge in [0.05, 0.1) is 5.69 Å². The van der Waals surface area contributed by atoms with Crippen LogP contribution in [0.4, 0.5) is 0 Å².